The summed E-state index contributed by atoms with van der Waals surface area (Å²) in [6.45, 7) is 11.7. The van der Waals surface area contributed by atoms with Crippen molar-refractivity contribution < 1.29 is 97.6 Å². The van der Waals surface area contributed by atoms with E-state index in [-0.39, 0.29) is 107 Å². The van der Waals surface area contributed by atoms with E-state index in [1.165, 1.54) is 86.0 Å². The predicted octanol–water partition coefficient (Wildman–Crippen LogP) is 16.3. The number of hydrogen-bond acceptors (Lipinski definition) is 20. The minimum absolute atomic E-state index is 0.0219. The molecule has 4 heterocycles. The maximum absolute atomic E-state index is 15.2. The number of nitrogens with two attached hydrogens (primary N) is 1. The fraction of sp³-hybridized carbons (Fsp3) is 0.304. The van der Waals surface area contributed by atoms with Crippen LogP contribution in [0, 0.1) is 103 Å². The van der Waals surface area contributed by atoms with E-state index in [1.54, 1.807) is 52.0 Å². The third kappa shape index (κ3) is 24.1. The number of nitro groups is 3. The van der Waals surface area contributed by atoms with Crippen molar-refractivity contribution in [3.63, 3.8) is 0 Å². The molecule has 12 rings (SSSR count). The number of aryl methyl sites for hydroxylation is 2. The van der Waals surface area contributed by atoms with Crippen LogP contribution in [0.3, 0.4) is 0 Å². The summed E-state index contributed by atoms with van der Waals surface area (Å²) in [5.41, 5.74) is 10.5. The van der Waals surface area contributed by atoms with Crippen LogP contribution in [0.15, 0.2) is 132 Å². The van der Waals surface area contributed by atoms with E-state index in [2.05, 4.69) is 52.4 Å². The molecule has 7 aromatic carbocycles. The maximum atomic E-state index is 15.2. The highest BCUT2D eigenvalue weighted by molar-refractivity contribution is 9.10. The Balaban J connectivity index is 0.000000211. The van der Waals surface area contributed by atoms with Gasteiger partial charge in [0.05, 0.1) is 74.2 Å². The molecule has 0 saturated carbocycles. The number of fused-ring (bicyclic) bond motifs is 5. The Bertz CT molecular complexity index is 4960. The van der Waals surface area contributed by atoms with Crippen molar-refractivity contribution in [2.45, 2.75) is 118 Å². The quantitative estimate of drug-likeness (QED) is 0.0118. The second-order valence-corrected chi connectivity index (χ2v) is 26.0. The Labute approximate surface area is 664 Å². The first-order chi connectivity index (χ1) is 54.3. The number of nitrogen functional groups attached to an aromatic ring is 1. The lowest BCUT2D eigenvalue weighted by Gasteiger charge is -2.21. The smallest absolute Gasteiger partial charge is 0.320 e. The normalized spacial score (nSPS) is 11.9. The van der Waals surface area contributed by atoms with E-state index < -0.39 is 91.7 Å². The molecule has 604 valence electrons. The first-order valence-electron chi connectivity index (χ1n) is 35.2. The van der Waals surface area contributed by atoms with Gasteiger partial charge in [-0.05, 0) is 161 Å². The van der Waals surface area contributed by atoms with Gasteiger partial charge in [0, 0.05) is 107 Å². The Hall–Kier alpha value is -11.8. The molecule has 1 amide bonds. The number of aromatic nitrogens is 4. The Morgan fingerprint density at radius 2 is 1.02 bits per heavy atom. The maximum Gasteiger partial charge on any atom is 0.320 e. The number of anilines is 2. The number of hydrogen-bond donors (Lipinski definition) is 2. The molecule has 9 aromatic rings. The van der Waals surface area contributed by atoms with Crippen LogP contribution in [0.1, 0.15) is 109 Å². The molecule has 25 nitrogen and oxygen atoms in total. The zero-order valence-corrected chi connectivity index (χ0v) is 65.6. The number of ketones is 1. The third-order valence-corrected chi connectivity index (χ3v) is 18.5. The molecule has 0 saturated heterocycles. The zero-order chi connectivity index (χ0) is 84.2. The third-order valence-electron chi connectivity index (χ3n) is 17.3. The highest BCUT2D eigenvalue weighted by Gasteiger charge is 2.35. The number of pyridine rings is 1. The Morgan fingerprint density at radius 3 is 1.54 bits per heavy atom. The largest absolute Gasteiger partial charge is 0.465 e. The number of benzene rings is 7. The van der Waals surface area contributed by atoms with Gasteiger partial charge in [0.25, 0.3) is 17.1 Å². The van der Waals surface area contributed by atoms with Crippen molar-refractivity contribution in [2.75, 3.05) is 37.5 Å². The number of Topliss-reactive ketones (excluding diaryl/α,β-unsaturated/α-hetero) is 1. The van der Waals surface area contributed by atoms with Crippen LogP contribution in [0.25, 0.3) is 16.8 Å². The van der Waals surface area contributed by atoms with Crippen LogP contribution < -0.4 is 11.1 Å². The van der Waals surface area contributed by atoms with Gasteiger partial charge in [-0.3, -0.25) is 68.7 Å². The van der Waals surface area contributed by atoms with Crippen molar-refractivity contribution in [1.29, 1.82) is 0 Å². The summed E-state index contributed by atoms with van der Waals surface area (Å²) in [5, 5.41) is 42.5. The highest BCUT2D eigenvalue weighted by Crippen LogP contribution is 2.37. The molecule has 0 atom stereocenters. The van der Waals surface area contributed by atoms with Crippen molar-refractivity contribution in [2.24, 2.45) is 11.8 Å². The van der Waals surface area contributed by atoms with Gasteiger partial charge in [0.2, 0.25) is 5.91 Å². The van der Waals surface area contributed by atoms with Gasteiger partial charge in [-0.2, -0.15) is 0 Å². The molecule has 114 heavy (non-hydrogen) atoms. The zero-order valence-electron chi connectivity index (χ0n) is 62.4. The number of ether oxygens (including phenoxy) is 4. The SMILES string of the molecule is CCOC(=O)C(Cc1c(F)cccc1[N+](=O)[O-])C(=O)OCC.CCOC(=O)C(Cc1c(N)cccc1F)C(=O)OCC.CCc1c(F)cncc1-c1ccc2c(c1F)CCc1nnc(C)n1-2.Cc1c(F)cccc1[N+](=O)[O-].O=C1CCc2c(F)cccc2C1.O=C1CCc2c(ccc(Br)c2F)N1.O=[N+]([O-])c1cccc(F)c1CBr. The molecule has 2 aromatic heterocycles. The van der Waals surface area contributed by atoms with Gasteiger partial charge in [0.15, 0.2) is 11.8 Å². The van der Waals surface area contributed by atoms with Crippen LogP contribution in [0.2, 0.25) is 0 Å². The number of rotatable bonds is 18. The van der Waals surface area contributed by atoms with Crippen molar-refractivity contribution >= 4 is 95.9 Å². The summed E-state index contributed by atoms with van der Waals surface area (Å²) >= 11 is 6.08. The van der Waals surface area contributed by atoms with Crippen molar-refractivity contribution in [3.8, 4) is 16.8 Å². The van der Waals surface area contributed by atoms with E-state index in [0.717, 1.165) is 40.6 Å². The fourth-order valence-electron chi connectivity index (χ4n) is 11.7. The summed E-state index contributed by atoms with van der Waals surface area (Å²) < 4.78 is 130. The van der Waals surface area contributed by atoms with Gasteiger partial charge in [-0.25, -0.2) is 35.1 Å². The summed E-state index contributed by atoms with van der Waals surface area (Å²) in [5.74, 6) is -7.88. The molecule has 3 aliphatic rings. The van der Waals surface area contributed by atoms with Gasteiger partial charge in [-0.1, -0.05) is 59.3 Å². The lowest BCUT2D eigenvalue weighted by molar-refractivity contribution is -0.385. The van der Waals surface area contributed by atoms with Crippen LogP contribution in [-0.2, 0) is 104 Å². The minimum Gasteiger partial charge on any atom is -0.465 e. The number of nitrogens with zero attached hydrogens (tertiary/aromatic N) is 7. The molecular formula is C79H77Br2F8N9O16. The minimum atomic E-state index is -1.45. The van der Waals surface area contributed by atoms with Gasteiger partial charge in [-0.15, -0.1) is 10.2 Å². The molecule has 0 spiro atoms. The first-order valence-corrected chi connectivity index (χ1v) is 37.1. The number of esters is 4. The van der Waals surface area contributed by atoms with Crippen LogP contribution in [0.5, 0.6) is 0 Å². The molecule has 3 N–H and O–H groups in total. The number of nitro benzene ring substituents is 3. The Morgan fingerprint density at radius 1 is 0.526 bits per heavy atom. The van der Waals surface area contributed by atoms with E-state index >= 15 is 4.39 Å². The lowest BCUT2D eigenvalue weighted by Crippen LogP contribution is -2.30. The number of amides is 1. The van der Waals surface area contributed by atoms with E-state index in [4.69, 9.17) is 24.7 Å². The standard InChI is InChI=1S/C18H16F2N4.C14H16FNO6.C14H18FNO4.C10H9FO.C9H7BrFNO.C7H5BrFNO2.C7H6FNO2/c1-3-11-14(8-21-9-15(11)19)12-4-6-16-13(18(12)20)5-7-17-23-22-10(2)24(16)17;1-3-21-13(17)10(14(18)22-4-2)8-9-11(15)6-5-7-12(9)16(19)20;1-3-19-13(17)10(14(18)20-4-2)8-9-11(15)6-5-7-12(9)16;11-10-3-1-2-7-6-8(12)4-5-9(7)10;10-6-2-3-7-5(9(6)11)1-4-8(13)12-7;8-4-5-6(9)2-1-3-7(5)10(11)12;1-5-6(8)3-2-4-7(5)9(10)11/h4,6,8-9H,3,5,7H2,1-2H3;5-7,10H,3-4,8H2,1-2H3;5-7,10H,3-4,8,16H2,1-2H3;1-3H,4-6H2;2-3H,1,4H2,(H,12,13);1-3H,4H2;2-4H,1H3. The number of carbonyl (C=O) groups is 6. The van der Waals surface area contributed by atoms with Crippen LogP contribution >= 0.6 is 31.9 Å². The molecule has 0 fully saturated rings. The average Bonchev–Trinajstić information content (AvgIpc) is 1.53. The number of nitrogens with one attached hydrogen (secondary N) is 1. The number of alkyl halides is 1. The van der Waals surface area contributed by atoms with Crippen LogP contribution in [0.4, 0.5) is 63.6 Å². The van der Waals surface area contributed by atoms with Gasteiger partial charge < -0.3 is 30.0 Å². The molecule has 1 aliphatic carbocycles. The number of halogens is 10. The first kappa shape index (κ1) is 91.1. The molecular weight excluding hydrogens is 1640 g/mol. The van der Waals surface area contributed by atoms with E-state index in [9.17, 15) is 89.8 Å². The van der Waals surface area contributed by atoms with E-state index in [0.29, 0.717) is 89.3 Å². The second-order valence-electron chi connectivity index (χ2n) is 24.5. The average molecular weight is 1720 g/mol. The topological polar surface area (TPSA) is 350 Å². The lowest BCUT2D eigenvalue weighted by atomic mass is 9.91. The summed E-state index contributed by atoms with van der Waals surface area (Å²) in [6.07, 6.45) is 6.00. The second kappa shape index (κ2) is 43.9. The predicted molar refractivity (Wildman–Crippen MR) is 409 cm³/mol. The number of carbonyl (C=O) groups excluding carboxylic acids is 6. The van der Waals surface area contributed by atoms with Crippen molar-refractivity contribution in [1.82, 2.24) is 19.7 Å². The summed E-state index contributed by atoms with van der Waals surface area (Å²) in [7, 11) is 0. The molecule has 2 aliphatic heterocycles. The van der Waals surface area contributed by atoms with E-state index in [1.807, 2.05) is 30.5 Å². The molecule has 35 heteroatoms. The fourth-order valence-corrected chi connectivity index (χ4v) is 12.6. The summed E-state index contributed by atoms with van der Waals surface area (Å²) in [6, 6.07) is 26.9. The van der Waals surface area contributed by atoms with Crippen molar-refractivity contribution in [3.05, 3.63) is 271 Å². The molecule has 0 unspecified atom stereocenters. The van der Waals surface area contributed by atoms with Gasteiger partial charge in [0.1, 0.15) is 64.0 Å². The highest BCUT2D eigenvalue weighted by atomic mass is 79.9. The molecule has 0 radical (unpaired) electrons. The molecule has 0 bridgehead atoms. The summed E-state index contributed by atoms with van der Waals surface area (Å²) in [4.78, 5) is 103. The van der Waals surface area contributed by atoms with Gasteiger partial charge >= 0.3 is 23.9 Å². The van der Waals surface area contributed by atoms with Crippen LogP contribution in [-0.4, -0.2) is 96.5 Å². The monoisotopic (exact) mass is 1720 g/mol. The Kier molecular flexibility index (Phi) is 35.1.